The van der Waals surface area contributed by atoms with Crippen LogP contribution in [0.2, 0.25) is 0 Å². The van der Waals surface area contributed by atoms with E-state index in [0.717, 1.165) is 0 Å². The summed E-state index contributed by atoms with van der Waals surface area (Å²) in [7, 11) is 0. The molecule has 0 aromatic carbocycles. The Morgan fingerprint density at radius 2 is 2.22 bits per heavy atom. The minimum Gasteiger partial charge on any atom is -0.471 e. The van der Waals surface area contributed by atoms with E-state index in [1.54, 1.807) is 0 Å². The van der Waals surface area contributed by atoms with Crippen molar-refractivity contribution >= 4 is 17.4 Å². The maximum Gasteiger partial charge on any atom is 0.256 e. The van der Waals surface area contributed by atoms with E-state index >= 15 is 0 Å². The van der Waals surface area contributed by atoms with E-state index in [1.165, 1.54) is 0 Å². The Morgan fingerprint density at radius 3 is 2.56 bits per heavy atom. The molecule has 0 radical (unpaired) electrons. The van der Waals surface area contributed by atoms with Crippen LogP contribution in [0.3, 0.4) is 0 Å². The van der Waals surface area contributed by atoms with Crippen molar-refractivity contribution in [2.45, 2.75) is 26.8 Å². The largest absolute Gasteiger partial charge is 0.471 e. The third-order valence-electron chi connectivity index (χ3n) is 0.682. The lowest BCUT2D eigenvalue weighted by Crippen LogP contribution is -2.30. The van der Waals surface area contributed by atoms with Gasteiger partial charge in [-0.3, -0.25) is 0 Å². The summed E-state index contributed by atoms with van der Waals surface area (Å²) in [5, 5.41) is 3.45. The van der Waals surface area contributed by atoms with Crippen molar-refractivity contribution in [2.24, 2.45) is 0 Å². The van der Waals surface area contributed by atoms with Gasteiger partial charge in [0.15, 0.2) is 0 Å². The fraction of sp³-hybridized carbons (Fsp3) is 0.833. The summed E-state index contributed by atoms with van der Waals surface area (Å²) in [6.07, 6.45) is 0. The van der Waals surface area contributed by atoms with Crippen LogP contribution in [0.25, 0.3) is 0 Å². The van der Waals surface area contributed by atoms with E-state index in [1.807, 2.05) is 20.8 Å². The van der Waals surface area contributed by atoms with Crippen molar-refractivity contribution in [1.29, 1.82) is 0 Å². The van der Waals surface area contributed by atoms with Crippen molar-refractivity contribution < 1.29 is 4.74 Å². The molecular formula is C6H13NOS. The van der Waals surface area contributed by atoms with Gasteiger partial charge in [-0.1, -0.05) is 0 Å². The van der Waals surface area contributed by atoms with Crippen molar-refractivity contribution in [1.82, 2.24) is 5.32 Å². The van der Waals surface area contributed by atoms with Gasteiger partial charge in [-0.05, 0) is 33.0 Å². The predicted molar refractivity (Wildman–Crippen MR) is 42.5 cm³/mol. The number of hydrogen-bond acceptors (Lipinski definition) is 2. The third-order valence-corrected chi connectivity index (χ3v) is 0.918. The molecule has 0 spiro atoms. The van der Waals surface area contributed by atoms with Crippen molar-refractivity contribution in [2.75, 3.05) is 6.61 Å². The highest BCUT2D eigenvalue weighted by Crippen LogP contribution is 1.81. The summed E-state index contributed by atoms with van der Waals surface area (Å²) in [4.78, 5) is 0. The molecule has 0 fully saturated rings. The van der Waals surface area contributed by atoms with E-state index in [2.05, 4.69) is 5.32 Å². The summed E-state index contributed by atoms with van der Waals surface area (Å²) < 4.78 is 4.97. The van der Waals surface area contributed by atoms with E-state index in [0.29, 0.717) is 17.8 Å². The zero-order valence-corrected chi connectivity index (χ0v) is 6.92. The van der Waals surface area contributed by atoms with Gasteiger partial charge in [-0.15, -0.1) is 0 Å². The molecular weight excluding hydrogens is 134 g/mol. The average Bonchev–Trinajstić information content (AvgIpc) is 1.63. The number of rotatable bonds is 2. The number of nitrogens with one attached hydrogen (secondary N) is 1. The van der Waals surface area contributed by atoms with Crippen LogP contribution >= 0.6 is 12.2 Å². The molecule has 0 saturated carbocycles. The van der Waals surface area contributed by atoms with Gasteiger partial charge in [0.25, 0.3) is 5.17 Å². The maximum absolute atomic E-state index is 4.97. The van der Waals surface area contributed by atoms with Crippen LogP contribution in [-0.4, -0.2) is 17.8 Å². The normalized spacial score (nSPS) is 9.33. The molecule has 0 aliphatic carbocycles. The van der Waals surface area contributed by atoms with E-state index in [4.69, 9.17) is 17.0 Å². The van der Waals surface area contributed by atoms with Gasteiger partial charge in [-0.2, -0.15) is 0 Å². The first-order valence-corrected chi connectivity index (χ1v) is 3.51. The molecule has 0 aliphatic heterocycles. The van der Waals surface area contributed by atoms with Crippen LogP contribution in [-0.2, 0) is 4.74 Å². The van der Waals surface area contributed by atoms with E-state index in [-0.39, 0.29) is 0 Å². The Hall–Kier alpha value is -0.310. The summed E-state index contributed by atoms with van der Waals surface area (Å²) in [6.45, 7) is 6.59. The zero-order chi connectivity index (χ0) is 7.28. The molecule has 0 bridgehead atoms. The van der Waals surface area contributed by atoms with Crippen molar-refractivity contribution in [3.63, 3.8) is 0 Å². The van der Waals surface area contributed by atoms with Gasteiger partial charge in [0.1, 0.15) is 0 Å². The van der Waals surface area contributed by atoms with Gasteiger partial charge >= 0.3 is 0 Å². The second kappa shape index (κ2) is 4.56. The molecule has 1 N–H and O–H groups in total. The minimum absolute atomic E-state index is 0.365. The van der Waals surface area contributed by atoms with Crippen LogP contribution in [0.5, 0.6) is 0 Å². The molecule has 0 atom stereocenters. The number of ether oxygens (including phenoxy) is 1. The SMILES string of the molecule is CCOC(=S)NC(C)C. The molecule has 0 amide bonds. The Morgan fingerprint density at radius 1 is 1.67 bits per heavy atom. The van der Waals surface area contributed by atoms with Crippen LogP contribution in [0.4, 0.5) is 0 Å². The molecule has 9 heavy (non-hydrogen) atoms. The Bertz CT molecular complexity index is 93.1. The standard InChI is InChI=1S/C6H13NOS/c1-4-8-6(9)7-5(2)3/h5H,4H2,1-3H3,(H,7,9). The Kier molecular flexibility index (Phi) is 4.40. The quantitative estimate of drug-likeness (QED) is 0.595. The third kappa shape index (κ3) is 5.56. The molecule has 0 aromatic rings. The van der Waals surface area contributed by atoms with Crippen LogP contribution in [0.1, 0.15) is 20.8 Å². The first-order valence-electron chi connectivity index (χ1n) is 3.10. The second-order valence-electron chi connectivity index (χ2n) is 2.02. The molecule has 2 nitrogen and oxygen atoms in total. The Labute approximate surface area is 61.6 Å². The van der Waals surface area contributed by atoms with Crippen molar-refractivity contribution in [3.05, 3.63) is 0 Å². The maximum atomic E-state index is 4.97. The number of hydrogen-bond donors (Lipinski definition) is 1. The lowest BCUT2D eigenvalue weighted by Gasteiger charge is -2.09. The van der Waals surface area contributed by atoms with Gasteiger partial charge in [0.05, 0.1) is 6.61 Å². The molecule has 0 aliphatic rings. The fourth-order valence-corrected chi connectivity index (χ4v) is 0.762. The highest BCUT2D eigenvalue weighted by Gasteiger charge is 1.95. The highest BCUT2D eigenvalue weighted by atomic mass is 32.1. The molecule has 0 rings (SSSR count). The number of thiocarbonyl (C=S) groups is 1. The average molecular weight is 147 g/mol. The van der Waals surface area contributed by atoms with Crippen molar-refractivity contribution in [3.8, 4) is 0 Å². The van der Waals surface area contributed by atoms with Gasteiger partial charge < -0.3 is 10.1 Å². The Balaban J connectivity index is 3.27. The predicted octanol–water partition coefficient (Wildman–Crippen LogP) is 1.31. The summed E-state index contributed by atoms with van der Waals surface area (Å²) in [5.41, 5.74) is 0. The molecule has 3 heteroatoms. The summed E-state index contributed by atoms with van der Waals surface area (Å²) >= 11 is 4.80. The molecule has 0 aromatic heterocycles. The molecule has 0 saturated heterocycles. The van der Waals surface area contributed by atoms with Gasteiger partial charge in [-0.25, -0.2) is 0 Å². The summed E-state index contributed by atoms with van der Waals surface area (Å²) in [6, 6.07) is 0.365. The lowest BCUT2D eigenvalue weighted by atomic mass is 10.4. The fourth-order valence-electron chi connectivity index (χ4n) is 0.408. The van der Waals surface area contributed by atoms with Crippen LogP contribution < -0.4 is 5.32 Å². The van der Waals surface area contributed by atoms with E-state index in [9.17, 15) is 0 Å². The molecule has 54 valence electrons. The second-order valence-corrected chi connectivity index (χ2v) is 2.39. The lowest BCUT2D eigenvalue weighted by molar-refractivity contribution is 0.316. The van der Waals surface area contributed by atoms with Crippen LogP contribution in [0, 0.1) is 0 Å². The van der Waals surface area contributed by atoms with E-state index < -0.39 is 0 Å². The first-order chi connectivity index (χ1) is 4.16. The molecule has 0 heterocycles. The smallest absolute Gasteiger partial charge is 0.256 e. The monoisotopic (exact) mass is 147 g/mol. The van der Waals surface area contributed by atoms with Gasteiger partial charge in [0.2, 0.25) is 0 Å². The summed E-state index contributed by atoms with van der Waals surface area (Å²) in [5.74, 6) is 0. The highest BCUT2D eigenvalue weighted by molar-refractivity contribution is 7.80. The zero-order valence-electron chi connectivity index (χ0n) is 6.10. The van der Waals surface area contributed by atoms with Gasteiger partial charge in [0, 0.05) is 6.04 Å². The first kappa shape index (κ1) is 8.69. The minimum atomic E-state index is 0.365. The topological polar surface area (TPSA) is 21.3 Å². The molecule has 0 unspecified atom stereocenters. The van der Waals surface area contributed by atoms with Crippen LogP contribution in [0.15, 0.2) is 0 Å².